The van der Waals surface area contributed by atoms with Crippen LogP contribution in [-0.2, 0) is 9.59 Å². The molecule has 164 valence electrons. The normalized spacial score (nSPS) is 50.4. The predicted molar refractivity (Wildman–Crippen MR) is 109 cm³/mol. The van der Waals surface area contributed by atoms with Gasteiger partial charge < -0.3 is 15.3 Å². The maximum atomic E-state index is 13.4. The van der Waals surface area contributed by atoms with Gasteiger partial charge in [-0.05, 0) is 80.0 Å². The molecule has 4 saturated carbocycles. The highest BCUT2D eigenvalue weighted by Crippen LogP contribution is 2.67. The number of aliphatic hydroxyl groups is 2. The van der Waals surface area contributed by atoms with Crippen LogP contribution in [0.25, 0.3) is 0 Å². The molecular formula is C24H38O5. The first-order valence-corrected chi connectivity index (χ1v) is 11.7. The zero-order valence-corrected chi connectivity index (χ0v) is 18.1. The van der Waals surface area contributed by atoms with Gasteiger partial charge in [-0.3, -0.25) is 9.59 Å². The molecule has 0 aliphatic heterocycles. The molecule has 4 aliphatic rings. The SMILES string of the molecule is C[C@H](CCC(=O)O)[C@H]1CC[C@H]2[C@@H]3C(=O)CC4C[C@H](O)CC[C@]4(C)[C@H]3C[C@H](O)[C@]12C. The summed E-state index contributed by atoms with van der Waals surface area (Å²) in [5.41, 5.74) is -0.265. The van der Waals surface area contributed by atoms with Crippen LogP contribution in [0.1, 0.15) is 78.6 Å². The number of fused-ring (bicyclic) bond motifs is 5. The molecule has 4 aliphatic carbocycles. The van der Waals surface area contributed by atoms with Crippen LogP contribution in [0.2, 0.25) is 0 Å². The molecule has 0 radical (unpaired) electrons. The first-order valence-electron chi connectivity index (χ1n) is 11.7. The Morgan fingerprint density at radius 3 is 2.55 bits per heavy atom. The number of rotatable bonds is 4. The molecule has 1 unspecified atom stereocenters. The summed E-state index contributed by atoms with van der Waals surface area (Å²) in [4.78, 5) is 24.4. The Hall–Kier alpha value is -0.940. The number of carbonyl (C=O) groups is 2. The van der Waals surface area contributed by atoms with E-state index in [0.717, 1.165) is 32.1 Å². The van der Waals surface area contributed by atoms with Crippen LogP contribution in [0, 0.1) is 46.3 Å². The van der Waals surface area contributed by atoms with Gasteiger partial charge >= 0.3 is 5.97 Å². The Balaban J connectivity index is 1.62. The number of ketones is 1. The number of carbonyl (C=O) groups excluding carboxylic acids is 1. The minimum absolute atomic E-state index is 0.0246. The molecule has 0 bridgehead atoms. The maximum Gasteiger partial charge on any atom is 0.303 e. The molecule has 4 rings (SSSR count). The highest BCUT2D eigenvalue weighted by atomic mass is 16.4. The third-order valence-electron chi connectivity index (χ3n) is 10.1. The lowest BCUT2D eigenvalue weighted by molar-refractivity contribution is -0.182. The number of hydrogen-bond acceptors (Lipinski definition) is 4. The second-order valence-corrected chi connectivity index (χ2v) is 11.3. The summed E-state index contributed by atoms with van der Waals surface area (Å²) >= 11 is 0. The molecule has 4 fully saturated rings. The number of aliphatic carboxylic acids is 1. The van der Waals surface area contributed by atoms with Gasteiger partial charge in [-0.25, -0.2) is 0 Å². The van der Waals surface area contributed by atoms with Crippen LogP contribution in [0.4, 0.5) is 0 Å². The number of aliphatic hydroxyl groups excluding tert-OH is 2. The Kier molecular flexibility index (Phi) is 5.39. The quantitative estimate of drug-likeness (QED) is 0.662. The van der Waals surface area contributed by atoms with Crippen LogP contribution >= 0.6 is 0 Å². The van der Waals surface area contributed by atoms with Crippen molar-refractivity contribution in [3.8, 4) is 0 Å². The maximum absolute atomic E-state index is 13.4. The Morgan fingerprint density at radius 2 is 1.86 bits per heavy atom. The fraction of sp³-hybridized carbons (Fsp3) is 0.917. The lowest BCUT2D eigenvalue weighted by atomic mass is 9.43. The van der Waals surface area contributed by atoms with Gasteiger partial charge in [-0.2, -0.15) is 0 Å². The number of Topliss-reactive ketones (excluding diaryl/α,β-unsaturated/α-hetero) is 1. The van der Waals surface area contributed by atoms with Crippen molar-refractivity contribution in [2.75, 3.05) is 0 Å². The summed E-state index contributed by atoms with van der Waals surface area (Å²) in [7, 11) is 0. The van der Waals surface area contributed by atoms with Gasteiger partial charge in [0.1, 0.15) is 5.78 Å². The fourth-order valence-electron chi connectivity index (χ4n) is 8.40. The summed E-state index contributed by atoms with van der Waals surface area (Å²) in [5.74, 6) is 0.775. The van der Waals surface area contributed by atoms with Crippen molar-refractivity contribution in [3.63, 3.8) is 0 Å². The molecule has 5 nitrogen and oxygen atoms in total. The first kappa shape index (κ1) is 21.3. The van der Waals surface area contributed by atoms with E-state index in [-0.39, 0.29) is 58.9 Å². The van der Waals surface area contributed by atoms with E-state index in [4.69, 9.17) is 5.11 Å². The molecule has 0 aromatic rings. The minimum atomic E-state index is -0.762. The van der Waals surface area contributed by atoms with Crippen LogP contribution in [0.15, 0.2) is 0 Å². The molecule has 0 amide bonds. The van der Waals surface area contributed by atoms with Crippen LogP contribution < -0.4 is 0 Å². The molecule has 10 atom stereocenters. The Morgan fingerprint density at radius 1 is 1.14 bits per heavy atom. The van der Waals surface area contributed by atoms with Crippen molar-refractivity contribution < 1.29 is 24.9 Å². The summed E-state index contributed by atoms with van der Waals surface area (Å²) < 4.78 is 0. The lowest BCUT2D eigenvalue weighted by Crippen LogP contribution is -2.61. The van der Waals surface area contributed by atoms with E-state index in [1.165, 1.54) is 0 Å². The number of carboxylic acid groups (broad SMARTS) is 1. The molecule has 3 N–H and O–H groups in total. The Bertz CT molecular complexity index is 676. The highest BCUT2D eigenvalue weighted by Gasteiger charge is 2.65. The van der Waals surface area contributed by atoms with Gasteiger partial charge in [-0.15, -0.1) is 0 Å². The average molecular weight is 407 g/mol. The second kappa shape index (κ2) is 7.33. The summed E-state index contributed by atoms with van der Waals surface area (Å²) in [6.07, 6.45) is 5.74. The van der Waals surface area contributed by atoms with Crippen LogP contribution in [0.3, 0.4) is 0 Å². The fourth-order valence-corrected chi connectivity index (χ4v) is 8.40. The van der Waals surface area contributed by atoms with E-state index in [9.17, 15) is 19.8 Å². The third-order valence-corrected chi connectivity index (χ3v) is 10.1. The van der Waals surface area contributed by atoms with Crippen molar-refractivity contribution in [1.82, 2.24) is 0 Å². The largest absolute Gasteiger partial charge is 0.481 e. The van der Waals surface area contributed by atoms with E-state index in [1.807, 2.05) is 0 Å². The van der Waals surface area contributed by atoms with E-state index >= 15 is 0 Å². The van der Waals surface area contributed by atoms with Crippen LogP contribution in [-0.4, -0.2) is 39.3 Å². The lowest BCUT2D eigenvalue weighted by Gasteiger charge is -2.61. The zero-order valence-electron chi connectivity index (χ0n) is 18.1. The minimum Gasteiger partial charge on any atom is -0.481 e. The smallest absolute Gasteiger partial charge is 0.303 e. The van der Waals surface area contributed by atoms with Crippen molar-refractivity contribution in [2.45, 2.75) is 90.8 Å². The van der Waals surface area contributed by atoms with E-state index in [1.54, 1.807) is 0 Å². The van der Waals surface area contributed by atoms with Gasteiger partial charge in [0.2, 0.25) is 0 Å². The number of hydrogen-bond donors (Lipinski definition) is 3. The predicted octanol–water partition coefficient (Wildman–Crippen LogP) is 3.66. The van der Waals surface area contributed by atoms with Gasteiger partial charge in [0.15, 0.2) is 0 Å². The molecule has 0 spiro atoms. The Labute approximate surface area is 174 Å². The van der Waals surface area contributed by atoms with Crippen molar-refractivity contribution in [2.24, 2.45) is 46.3 Å². The van der Waals surface area contributed by atoms with Gasteiger partial charge in [0.05, 0.1) is 12.2 Å². The summed E-state index contributed by atoms with van der Waals surface area (Å²) in [5, 5.41) is 30.7. The summed E-state index contributed by atoms with van der Waals surface area (Å²) in [6.45, 7) is 6.62. The van der Waals surface area contributed by atoms with Gasteiger partial charge in [-0.1, -0.05) is 20.8 Å². The zero-order chi connectivity index (χ0) is 21.1. The average Bonchev–Trinajstić information content (AvgIpc) is 3.01. The van der Waals surface area contributed by atoms with Crippen LogP contribution in [0.5, 0.6) is 0 Å². The van der Waals surface area contributed by atoms with Crippen molar-refractivity contribution in [1.29, 1.82) is 0 Å². The molecule has 29 heavy (non-hydrogen) atoms. The van der Waals surface area contributed by atoms with E-state index < -0.39 is 12.1 Å². The molecular weight excluding hydrogens is 368 g/mol. The first-order chi connectivity index (χ1) is 13.6. The topological polar surface area (TPSA) is 94.8 Å². The molecule has 0 aromatic carbocycles. The molecule has 0 heterocycles. The highest BCUT2D eigenvalue weighted by molar-refractivity contribution is 5.83. The molecule has 0 aromatic heterocycles. The summed E-state index contributed by atoms with van der Waals surface area (Å²) in [6, 6.07) is 0. The number of carboxylic acids is 1. The molecule has 5 heteroatoms. The van der Waals surface area contributed by atoms with E-state index in [2.05, 4.69) is 20.8 Å². The van der Waals surface area contributed by atoms with Crippen molar-refractivity contribution >= 4 is 11.8 Å². The van der Waals surface area contributed by atoms with Gasteiger partial charge in [0.25, 0.3) is 0 Å². The van der Waals surface area contributed by atoms with E-state index in [0.29, 0.717) is 25.0 Å². The monoisotopic (exact) mass is 406 g/mol. The standard InChI is InChI=1S/C24H38O5/c1-13(4-7-21(28)29)16-5-6-17-22-18(12-20(27)24(16,17)3)23(2)9-8-15(25)10-14(23)11-19(22)26/h13-18,20,22,25,27H,4-12H2,1-3H3,(H,28,29)/t13-,14?,15-,16-,17+,18+,20+,22+,23+,24-/m1/s1. The molecule has 0 saturated heterocycles. The van der Waals surface area contributed by atoms with Gasteiger partial charge in [0, 0.05) is 24.2 Å². The second-order valence-electron chi connectivity index (χ2n) is 11.3. The van der Waals surface area contributed by atoms with Crippen molar-refractivity contribution in [3.05, 3.63) is 0 Å². The third kappa shape index (κ3) is 3.18.